The molecule has 1 aliphatic heterocycles. The Morgan fingerprint density at radius 3 is 2.27 bits per heavy atom. The van der Waals surface area contributed by atoms with E-state index in [-0.39, 0.29) is 11.3 Å². The summed E-state index contributed by atoms with van der Waals surface area (Å²) in [4.78, 5) is 14.9. The van der Waals surface area contributed by atoms with Gasteiger partial charge < -0.3 is 0 Å². The monoisotopic (exact) mass is 421 g/mol. The summed E-state index contributed by atoms with van der Waals surface area (Å²) in [7, 11) is 0. The van der Waals surface area contributed by atoms with E-state index in [1.807, 2.05) is 18.2 Å². The second kappa shape index (κ2) is 7.35. The van der Waals surface area contributed by atoms with Gasteiger partial charge in [0.15, 0.2) is 4.32 Å². The van der Waals surface area contributed by atoms with Crippen molar-refractivity contribution in [1.29, 1.82) is 0 Å². The Kier molecular flexibility index (Phi) is 5.50. The van der Waals surface area contributed by atoms with Crippen LogP contribution in [0.3, 0.4) is 0 Å². The molecule has 0 bridgehead atoms. The van der Waals surface area contributed by atoms with E-state index in [2.05, 4.69) is 32.9 Å². The Bertz CT molecular complexity index is 914. The molecule has 0 aliphatic carbocycles. The van der Waals surface area contributed by atoms with Crippen LogP contribution in [0.2, 0.25) is 10.0 Å². The highest BCUT2D eigenvalue weighted by Gasteiger charge is 2.33. The Balaban J connectivity index is 1.88. The van der Waals surface area contributed by atoms with Gasteiger partial charge >= 0.3 is 0 Å². The number of hydrogen-bond donors (Lipinski definition) is 0. The molecular weight excluding hydrogens is 405 g/mol. The molecule has 2 aromatic carbocycles. The van der Waals surface area contributed by atoms with E-state index in [4.69, 9.17) is 35.4 Å². The lowest BCUT2D eigenvalue weighted by molar-refractivity contribution is -0.113. The summed E-state index contributed by atoms with van der Waals surface area (Å²) in [5.74, 6) is -0.154. The number of hydrogen-bond acceptors (Lipinski definition) is 3. The number of halogens is 2. The maximum Gasteiger partial charge on any atom is 0.270 e. The first-order valence-corrected chi connectivity index (χ1v) is 9.98. The van der Waals surface area contributed by atoms with E-state index in [9.17, 15) is 4.79 Å². The third-order valence-electron chi connectivity index (χ3n) is 4.03. The fourth-order valence-corrected chi connectivity index (χ4v) is 4.14. The molecule has 2 nitrogen and oxygen atoms in total. The van der Waals surface area contributed by atoms with Crippen molar-refractivity contribution in [3.8, 4) is 0 Å². The number of carbonyl (C=O) groups excluding carboxylic acids is 1. The maximum atomic E-state index is 12.8. The van der Waals surface area contributed by atoms with E-state index < -0.39 is 0 Å². The highest BCUT2D eigenvalue weighted by molar-refractivity contribution is 8.27. The average molecular weight is 422 g/mol. The van der Waals surface area contributed by atoms with Crippen molar-refractivity contribution < 1.29 is 4.79 Å². The molecule has 0 N–H and O–H groups in total. The second-order valence-electron chi connectivity index (χ2n) is 6.99. The molecule has 134 valence electrons. The Hall–Kier alpha value is -1.33. The first-order valence-electron chi connectivity index (χ1n) is 8.00. The van der Waals surface area contributed by atoms with Crippen LogP contribution in [0.1, 0.15) is 31.9 Å². The molecule has 0 aromatic heterocycles. The zero-order chi connectivity index (χ0) is 19.1. The number of thiocarbonyl (C=S) groups is 1. The molecule has 0 atom stereocenters. The number of amides is 1. The molecule has 6 heteroatoms. The van der Waals surface area contributed by atoms with Crippen LogP contribution in [-0.2, 0) is 10.2 Å². The van der Waals surface area contributed by atoms with E-state index in [1.165, 1.54) is 22.2 Å². The van der Waals surface area contributed by atoms with Gasteiger partial charge in [-0.1, -0.05) is 92.2 Å². The quantitative estimate of drug-likeness (QED) is 0.397. The summed E-state index contributed by atoms with van der Waals surface area (Å²) in [6.07, 6.45) is 1.86. The molecule has 0 unspecified atom stereocenters. The first kappa shape index (κ1) is 19.4. The summed E-state index contributed by atoms with van der Waals surface area (Å²) in [6, 6.07) is 13.3. The zero-order valence-electron chi connectivity index (χ0n) is 14.5. The highest BCUT2D eigenvalue weighted by atomic mass is 35.5. The van der Waals surface area contributed by atoms with E-state index in [0.717, 1.165) is 5.56 Å². The van der Waals surface area contributed by atoms with Crippen LogP contribution in [0.4, 0.5) is 5.69 Å². The van der Waals surface area contributed by atoms with Gasteiger partial charge in [-0.25, -0.2) is 0 Å². The summed E-state index contributed by atoms with van der Waals surface area (Å²) >= 11 is 18.7. The van der Waals surface area contributed by atoms with Gasteiger partial charge in [-0.05, 0) is 40.8 Å². The molecule has 0 saturated carbocycles. The minimum atomic E-state index is -0.154. The van der Waals surface area contributed by atoms with Crippen molar-refractivity contribution in [3.63, 3.8) is 0 Å². The fraction of sp³-hybridized carbons (Fsp3) is 0.200. The van der Waals surface area contributed by atoms with Gasteiger partial charge in [0, 0.05) is 0 Å². The van der Waals surface area contributed by atoms with E-state index in [0.29, 0.717) is 25.0 Å². The fourth-order valence-electron chi connectivity index (χ4n) is 2.55. The standard InChI is InChI=1S/C20H17Cl2NOS2/c1-20(2,3)13-6-4-12(5-7-13)10-17-18(24)23(19(25)26-17)14-8-9-15(21)16(22)11-14/h4-11H,1-3H3/b17-10-. The molecule has 0 radical (unpaired) electrons. The van der Waals surface area contributed by atoms with E-state index >= 15 is 0 Å². The maximum absolute atomic E-state index is 12.8. The van der Waals surface area contributed by atoms with Gasteiger partial charge in [0.25, 0.3) is 5.91 Å². The number of nitrogens with zero attached hydrogens (tertiary/aromatic N) is 1. The van der Waals surface area contributed by atoms with Gasteiger partial charge in [0.05, 0.1) is 20.6 Å². The van der Waals surface area contributed by atoms with Crippen molar-refractivity contribution in [2.45, 2.75) is 26.2 Å². The molecule has 1 heterocycles. The number of anilines is 1. The third kappa shape index (κ3) is 3.99. The number of benzene rings is 2. The molecule has 1 amide bonds. The van der Waals surface area contributed by atoms with Crippen molar-refractivity contribution >= 4 is 69.2 Å². The normalized spacial score (nSPS) is 16.7. The molecule has 2 aromatic rings. The van der Waals surface area contributed by atoms with Crippen molar-refractivity contribution in [3.05, 3.63) is 68.5 Å². The third-order valence-corrected chi connectivity index (χ3v) is 6.07. The number of carbonyl (C=O) groups is 1. The van der Waals surface area contributed by atoms with Crippen molar-refractivity contribution in [2.75, 3.05) is 4.90 Å². The number of thioether (sulfide) groups is 1. The summed E-state index contributed by atoms with van der Waals surface area (Å²) in [5, 5.41) is 0.829. The van der Waals surface area contributed by atoms with Gasteiger partial charge in [0.2, 0.25) is 0 Å². The van der Waals surface area contributed by atoms with Crippen LogP contribution >= 0.6 is 47.2 Å². The minimum Gasteiger partial charge on any atom is -0.268 e. The predicted molar refractivity (Wildman–Crippen MR) is 117 cm³/mol. The highest BCUT2D eigenvalue weighted by Crippen LogP contribution is 2.38. The first-order chi connectivity index (χ1) is 12.2. The number of rotatable bonds is 2. The van der Waals surface area contributed by atoms with Gasteiger partial charge in [-0.15, -0.1) is 0 Å². The van der Waals surface area contributed by atoms with Crippen LogP contribution < -0.4 is 4.90 Å². The van der Waals surface area contributed by atoms with Gasteiger partial charge in [-0.3, -0.25) is 9.69 Å². The Labute approximate surface area is 173 Å². The average Bonchev–Trinajstić information content (AvgIpc) is 2.84. The Morgan fingerprint density at radius 2 is 1.69 bits per heavy atom. The van der Waals surface area contributed by atoms with Crippen LogP contribution in [0.25, 0.3) is 6.08 Å². The lowest BCUT2D eigenvalue weighted by Gasteiger charge is -2.18. The Morgan fingerprint density at radius 1 is 1.04 bits per heavy atom. The van der Waals surface area contributed by atoms with Gasteiger partial charge in [0.1, 0.15) is 0 Å². The second-order valence-corrected chi connectivity index (χ2v) is 9.48. The minimum absolute atomic E-state index is 0.0931. The van der Waals surface area contributed by atoms with Crippen LogP contribution in [0, 0.1) is 0 Å². The van der Waals surface area contributed by atoms with Crippen molar-refractivity contribution in [1.82, 2.24) is 0 Å². The summed E-state index contributed by atoms with van der Waals surface area (Å²) in [6.45, 7) is 6.51. The molecule has 3 rings (SSSR count). The molecule has 1 saturated heterocycles. The summed E-state index contributed by atoms with van der Waals surface area (Å²) < 4.78 is 0.478. The topological polar surface area (TPSA) is 20.3 Å². The molecule has 26 heavy (non-hydrogen) atoms. The molecule has 1 aliphatic rings. The van der Waals surface area contributed by atoms with Crippen LogP contribution in [0.15, 0.2) is 47.4 Å². The SMILES string of the molecule is CC(C)(C)c1ccc(/C=C2\SC(=S)N(c3ccc(Cl)c(Cl)c3)C2=O)cc1. The zero-order valence-corrected chi connectivity index (χ0v) is 17.7. The van der Waals surface area contributed by atoms with Crippen LogP contribution in [0.5, 0.6) is 0 Å². The molecular formula is C20H17Cl2NOS2. The molecule has 0 spiro atoms. The summed E-state index contributed by atoms with van der Waals surface area (Å²) in [5.41, 5.74) is 2.93. The van der Waals surface area contributed by atoms with E-state index in [1.54, 1.807) is 18.2 Å². The largest absolute Gasteiger partial charge is 0.270 e. The van der Waals surface area contributed by atoms with Gasteiger partial charge in [-0.2, -0.15) is 0 Å². The van der Waals surface area contributed by atoms with Crippen LogP contribution in [-0.4, -0.2) is 10.2 Å². The molecule has 1 fully saturated rings. The lowest BCUT2D eigenvalue weighted by Crippen LogP contribution is -2.27. The lowest BCUT2D eigenvalue weighted by atomic mass is 9.87. The smallest absolute Gasteiger partial charge is 0.268 e. The predicted octanol–water partition coefficient (Wildman–Crippen LogP) is 6.70. The van der Waals surface area contributed by atoms with Crippen molar-refractivity contribution in [2.24, 2.45) is 0 Å².